The fraction of sp³-hybridized carbons (Fsp3) is 0.800. The lowest BCUT2D eigenvalue weighted by molar-refractivity contribution is -0.281. The minimum Gasteiger partial charge on any atom is -0.465 e. The first-order valence-corrected chi connectivity index (χ1v) is 29.1. The second-order valence-electron chi connectivity index (χ2n) is 23.7. The van der Waals surface area contributed by atoms with E-state index in [0.29, 0.717) is 32.2 Å². The molecule has 0 saturated carbocycles. The van der Waals surface area contributed by atoms with E-state index >= 15 is 4.79 Å². The number of ketones is 1. The number of ether oxygens (including phenoxy) is 3. The maximum atomic E-state index is 15.1. The summed E-state index contributed by atoms with van der Waals surface area (Å²) in [5, 5.41) is 35.0. The molecule has 1 aromatic carbocycles. The van der Waals surface area contributed by atoms with Crippen LogP contribution in [0, 0.1) is 23.7 Å². The molecule has 3 unspecified atom stereocenters. The molecule has 0 spiro atoms. The van der Waals surface area contributed by atoms with Crippen LogP contribution in [0.1, 0.15) is 150 Å². The summed E-state index contributed by atoms with van der Waals surface area (Å²) >= 11 is 0. The summed E-state index contributed by atoms with van der Waals surface area (Å²) in [6.07, 6.45) is 16.5. The molecule has 13 nitrogen and oxygen atoms in total. The van der Waals surface area contributed by atoms with Gasteiger partial charge < -0.3 is 49.1 Å². The van der Waals surface area contributed by atoms with Crippen molar-refractivity contribution in [2.45, 2.75) is 212 Å². The molecule has 5 aliphatic heterocycles. The average molecular weight is 1020 g/mol. The van der Waals surface area contributed by atoms with Gasteiger partial charge in [-0.1, -0.05) is 61.7 Å². The predicted octanol–water partition coefficient (Wildman–Crippen LogP) is 8.10. The Morgan fingerprint density at radius 1 is 0.740 bits per heavy atom. The summed E-state index contributed by atoms with van der Waals surface area (Å²) in [5.41, 5.74) is 2.32. The van der Waals surface area contributed by atoms with Crippen molar-refractivity contribution in [1.82, 2.24) is 24.5 Å². The van der Waals surface area contributed by atoms with Crippen LogP contribution < -0.4 is 0 Å². The molecule has 0 amide bonds. The van der Waals surface area contributed by atoms with Crippen molar-refractivity contribution in [2.24, 2.45) is 23.7 Å². The van der Waals surface area contributed by atoms with E-state index in [1.165, 1.54) is 50.5 Å². The SMILES string of the molecule is CC(C)N(Cc1ccccc1)C[C@H]1/C=C(CC(C)N2CCCCC2)/C=C/C(=O)[C@@H](CC(C)N2CCCCC2)CC[C@@H](CCO[C@@H]2O[C@H](C)[C@@H](O)[C@H](N(C)C)[C@H]2O)[C@H](CC(C)N2CCCCC2)[C@H](O)CC(=O)OC1. The van der Waals surface area contributed by atoms with Gasteiger partial charge in [0, 0.05) is 49.1 Å². The molecule has 414 valence electrons. The Morgan fingerprint density at radius 2 is 1.33 bits per heavy atom. The molecule has 0 aliphatic carbocycles. The fourth-order valence-electron chi connectivity index (χ4n) is 12.9. The summed E-state index contributed by atoms with van der Waals surface area (Å²) in [4.78, 5) is 41.4. The molecule has 13 heteroatoms. The number of likely N-dealkylation sites (N-methyl/N-ethyl adjacent to an activating group) is 1. The maximum absolute atomic E-state index is 15.1. The topological polar surface area (TPSA) is 139 Å². The van der Waals surface area contributed by atoms with Crippen molar-refractivity contribution < 1.29 is 39.1 Å². The zero-order valence-electron chi connectivity index (χ0n) is 46.7. The number of carbonyl (C=O) groups is 2. The van der Waals surface area contributed by atoms with Crippen molar-refractivity contribution in [1.29, 1.82) is 0 Å². The summed E-state index contributed by atoms with van der Waals surface area (Å²) in [6, 6.07) is 10.9. The van der Waals surface area contributed by atoms with Gasteiger partial charge in [-0.2, -0.15) is 0 Å². The molecule has 0 bridgehead atoms. The van der Waals surface area contributed by atoms with E-state index in [2.05, 4.69) is 90.6 Å². The lowest BCUT2D eigenvalue weighted by atomic mass is 9.75. The number of hydrogen-bond acceptors (Lipinski definition) is 13. The van der Waals surface area contributed by atoms with Crippen LogP contribution in [0.3, 0.4) is 0 Å². The molecule has 0 radical (unpaired) electrons. The number of aliphatic hydroxyl groups is 3. The second-order valence-corrected chi connectivity index (χ2v) is 23.7. The molecule has 1 aromatic rings. The van der Waals surface area contributed by atoms with Gasteiger partial charge in [0.2, 0.25) is 0 Å². The van der Waals surface area contributed by atoms with Crippen LogP contribution in [0.4, 0.5) is 0 Å². The monoisotopic (exact) mass is 1020 g/mol. The number of carbonyl (C=O) groups excluding carboxylic acids is 2. The number of allylic oxidation sites excluding steroid dienone is 2. The number of piperidine rings is 3. The van der Waals surface area contributed by atoms with E-state index in [4.69, 9.17) is 14.2 Å². The average Bonchev–Trinajstić information content (AvgIpc) is 3.38. The first-order chi connectivity index (χ1) is 35.1. The van der Waals surface area contributed by atoms with E-state index in [1.54, 1.807) is 6.92 Å². The highest BCUT2D eigenvalue weighted by molar-refractivity contribution is 5.92. The third kappa shape index (κ3) is 18.6. The molecule has 5 aliphatic rings. The number of benzene rings is 1. The van der Waals surface area contributed by atoms with Gasteiger partial charge in [0.25, 0.3) is 0 Å². The van der Waals surface area contributed by atoms with E-state index < -0.39 is 42.7 Å². The van der Waals surface area contributed by atoms with Crippen LogP contribution in [0.15, 0.2) is 54.1 Å². The van der Waals surface area contributed by atoms with Gasteiger partial charge in [0.05, 0.1) is 44.0 Å². The van der Waals surface area contributed by atoms with E-state index in [9.17, 15) is 20.1 Å². The summed E-state index contributed by atoms with van der Waals surface area (Å²) in [6.45, 7) is 21.2. The third-order valence-electron chi connectivity index (χ3n) is 17.5. The lowest BCUT2D eigenvalue weighted by Crippen LogP contribution is -2.62. The summed E-state index contributed by atoms with van der Waals surface area (Å²) in [7, 11) is 3.68. The number of likely N-dealkylation sites (tertiary alicyclic amines) is 3. The third-order valence-corrected chi connectivity index (χ3v) is 17.5. The Balaban J connectivity index is 1.36. The standard InChI is InChI=1S/C60H101N5O8/c1-43(2)65(40-48-21-13-9-14-22-48)41-50-38-49(35-44(3)62-28-15-10-16-29-62)23-26-54(66)52(36-45(4)63-30-17-11-18-31-63)25-24-51(27-34-71-60-59(70)57(61(7)8)58(69)47(6)73-60)53(55(67)39-56(68)72-42-50)37-46(5)64-32-19-12-20-33-64/h9,13-14,21-23,26,38,43-47,50-53,55,57-60,67,69-70H,10-12,15-20,24-25,27-37,39-42H2,1-8H3/b26-23+,49-38-/t44?,45?,46?,47-,50-,51+,52-,53+,55-,57+,58-,59-,60-/m1/s1. The van der Waals surface area contributed by atoms with E-state index in [1.807, 2.05) is 31.1 Å². The van der Waals surface area contributed by atoms with Gasteiger partial charge in [-0.05, 0) is 201 Å². The first kappa shape index (κ1) is 59.7. The van der Waals surface area contributed by atoms with Crippen LogP contribution in [0.5, 0.6) is 0 Å². The molecule has 6 rings (SSSR count). The quantitative estimate of drug-likeness (QED) is 0.115. The first-order valence-electron chi connectivity index (χ1n) is 29.1. The number of aliphatic hydroxyl groups excluding tert-OH is 3. The normalized spacial score (nSPS) is 33.0. The molecule has 73 heavy (non-hydrogen) atoms. The molecule has 13 atom stereocenters. The number of esters is 1. The van der Waals surface area contributed by atoms with Gasteiger partial charge >= 0.3 is 5.97 Å². The van der Waals surface area contributed by atoms with Crippen molar-refractivity contribution in [3.63, 3.8) is 0 Å². The summed E-state index contributed by atoms with van der Waals surface area (Å²) < 4.78 is 18.8. The Hall–Kier alpha value is -2.56. The number of rotatable bonds is 19. The fourth-order valence-corrected chi connectivity index (χ4v) is 12.9. The van der Waals surface area contributed by atoms with Gasteiger partial charge in [-0.3, -0.25) is 14.5 Å². The van der Waals surface area contributed by atoms with Gasteiger partial charge in [0.1, 0.15) is 6.10 Å². The molecular weight excluding hydrogens is 919 g/mol. The highest BCUT2D eigenvalue weighted by atomic mass is 16.7. The molecule has 4 fully saturated rings. The Kier molecular flexibility index (Phi) is 24.9. The highest BCUT2D eigenvalue weighted by Gasteiger charge is 2.45. The van der Waals surface area contributed by atoms with Crippen molar-refractivity contribution >= 4 is 11.8 Å². The second kappa shape index (κ2) is 30.4. The van der Waals surface area contributed by atoms with Crippen LogP contribution in [0.2, 0.25) is 0 Å². The van der Waals surface area contributed by atoms with E-state index in [-0.39, 0.29) is 73.3 Å². The molecule has 4 saturated heterocycles. The van der Waals surface area contributed by atoms with Crippen molar-refractivity contribution in [2.75, 3.05) is 73.1 Å². The Bertz CT molecular complexity index is 1810. The number of cyclic esters (lactones) is 1. The summed E-state index contributed by atoms with van der Waals surface area (Å²) in [5.74, 6) is -1.06. The van der Waals surface area contributed by atoms with Gasteiger partial charge in [-0.15, -0.1) is 0 Å². The van der Waals surface area contributed by atoms with Gasteiger partial charge in [0.15, 0.2) is 12.1 Å². The van der Waals surface area contributed by atoms with Crippen molar-refractivity contribution in [3.8, 4) is 0 Å². The highest BCUT2D eigenvalue weighted by Crippen LogP contribution is 2.36. The lowest BCUT2D eigenvalue weighted by Gasteiger charge is -2.44. The van der Waals surface area contributed by atoms with Crippen LogP contribution in [-0.2, 0) is 30.3 Å². The maximum Gasteiger partial charge on any atom is 0.308 e. The molecule has 0 aromatic heterocycles. The Morgan fingerprint density at radius 3 is 1.92 bits per heavy atom. The van der Waals surface area contributed by atoms with Gasteiger partial charge in [-0.25, -0.2) is 0 Å². The predicted molar refractivity (Wildman–Crippen MR) is 292 cm³/mol. The Labute approximate surface area is 442 Å². The zero-order chi connectivity index (χ0) is 52.4. The molecule has 5 heterocycles. The number of nitrogens with zero attached hydrogens (tertiary/aromatic N) is 5. The largest absolute Gasteiger partial charge is 0.465 e. The zero-order valence-corrected chi connectivity index (χ0v) is 46.7. The minimum atomic E-state index is -1.07. The van der Waals surface area contributed by atoms with Crippen LogP contribution in [-0.4, -0.2) is 186 Å². The van der Waals surface area contributed by atoms with Crippen LogP contribution >= 0.6 is 0 Å². The number of hydrogen-bond donors (Lipinski definition) is 3. The van der Waals surface area contributed by atoms with Crippen LogP contribution in [0.25, 0.3) is 0 Å². The van der Waals surface area contributed by atoms with Crippen molar-refractivity contribution in [3.05, 3.63) is 59.7 Å². The molecule has 3 N–H and O–H groups in total. The van der Waals surface area contributed by atoms with E-state index in [0.717, 1.165) is 77.1 Å². The molecular formula is C60H101N5O8. The minimum absolute atomic E-state index is 0.118. The smallest absolute Gasteiger partial charge is 0.308 e.